The first-order chi connectivity index (χ1) is 19.5. The van der Waals surface area contributed by atoms with Gasteiger partial charge < -0.3 is 25.0 Å². The molecule has 3 aromatic rings. The highest BCUT2D eigenvalue weighted by molar-refractivity contribution is 5.97. The van der Waals surface area contributed by atoms with Gasteiger partial charge in [0.25, 0.3) is 5.91 Å². The van der Waals surface area contributed by atoms with Crippen molar-refractivity contribution in [2.24, 2.45) is 5.92 Å². The lowest BCUT2D eigenvalue weighted by Crippen LogP contribution is -2.65. The second kappa shape index (κ2) is 10.3. The number of carbonyl (C=O) groups excluding carboxylic acids is 1. The van der Waals surface area contributed by atoms with Gasteiger partial charge in [0.2, 0.25) is 5.95 Å². The Morgan fingerprint density at radius 2 is 1.88 bits per heavy atom. The maximum Gasteiger partial charge on any atom is 0.270 e. The molecule has 4 fully saturated rings. The summed E-state index contributed by atoms with van der Waals surface area (Å²) in [7, 11) is 3.59. The SMILES string of the molecule is CN(C)C(=O)c1cc2cnc(Nc3ccc(N4CCN(CC5CC6(CCN6)C5)CC4)cn3)nc2n1C1CCCC1. The Kier molecular flexibility index (Phi) is 6.62. The van der Waals surface area contributed by atoms with Gasteiger partial charge in [0.05, 0.1) is 11.9 Å². The number of hydrogen-bond acceptors (Lipinski definition) is 8. The first kappa shape index (κ1) is 25.7. The first-order valence-electron chi connectivity index (χ1n) is 15.0. The molecule has 2 saturated heterocycles. The van der Waals surface area contributed by atoms with Gasteiger partial charge in [-0.2, -0.15) is 4.98 Å². The van der Waals surface area contributed by atoms with Gasteiger partial charge in [0.1, 0.15) is 17.2 Å². The van der Waals surface area contributed by atoms with E-state index in [0.29, 0.717) is 29.0 Å². The monoisotopic (exact) mass is 543 g/mol. The molecule has 7 rings (SSSR count). The van der Waals surface area contributed by atoms with Gasteiger partial charge in [0.15, 0.2) is 0 Å². The van der Waals surface area contributed by atoms with Crippen molar-refractivity contribution in [2.45, 2.75) is 56.5 Å². The van der Waals surface area contributed by atoms with Gasteiger partial charge in [-0.05, 0) is 62.8 Å². The number of piperazine rings is 1. The smallest absolute Gasteiger partial charge is 0.270 e. The topological polar surface area (TPSA) is 94.5 Å². The Bertz CT molecular complexity index is 1360. The van der Waals surface area contributed by atoms with E-state index in [1.165, 1.54) is 45.2 Å². The highest BCUT2D eigenvalue weighted by Gasteiger charge is 2.48. The molecule has 2 saturated carbocycles. The molecule has 0 bridgehead atoms. The Labute approximate surface area is 236 Å². The van der Waals surface area contributed by atoms with Crippen LogP contribution in [0.25, 0.3) is 11.0 Å². The molecule has 2 aliphatic heterocycles. The molecule has 2 N–H and O–H groups in total. The molecule has 0 aromatic carbocycles. The van der Waals surface area contributed by atoms with Crippen LogP contribution in [0.3, 0.4) is 0 Å². The number of anilines is 3. The molecule has 0 atom stereocenters. The molecular weight excluding hydrogens is 502 g/mol. The number of amides is 1. The van der Waals surface area contributed by atoms with Crippen LogP contribution in [0.4, 0.5) is 17.5 Å². The fourth-order valence-electron chi connectivity index (χ4n) is 7.31. The zero-order valence-corrected chi connectivity index (χ0v) is 23.8. The Morgan fingerprint density at radius 1 is 1.10 bits per heavy atom. The van der Waals surface area contributed by atoms with Gasteiger partial charge in [-0.3, -0.25) is 9.69 Å². The van der Waals surface area contributed by atoms with Crippen LogP contribution < -0.4 is 15.5 Å². The van der Waals surface area contributed by atoms with Crippen LogP contribution in [0.5, 0.6) is 0 Å². The third kappa shape index (κ3) is 4.81. The molecule has 10 nitrogen and oxygen atoms in total. The minimum absolute atomic E-state index is 0.000100. The average molecular weight is 544 g/mol. The van der Waals surface area contributed by atoms with Crippen molar-refractivity contribution >= 4 is 34.4 Å². The van der Waals surface area contributed by atoms with E-state index < -0.39 is 0 Å². The molecule has 3 aromatic heterocycles. The van der Waals surface area contributed by atoms with Crippen molar-refractivity contribution < 1.29 is 4.79 Å². The minimum Gasteiger partial charge on any atom is -0.368 e. The Hall–Kier alpha value is -3.24. The summed E-state index contributed by atoms with van der Waals surface area (Å²) in [5.41, 5.74) is 3.18. The molecule has 5 heterocycles. The molecule has 0 unspecified atom stereocenters. The highest BCUT2D eigenvalue weighted by atomic mass is 16.2. The number of aromatic nitrogens is 4. The summed E-state index contributed by atoms with van der Waals surface area (Å²) in [5.74, 6) is 2.08. The van der Waals surface area contributed by atoms with Crippen LogP contribution in [0.1, 0.15) is 61.5 Å². The molecule has 1 amide bonds. The van der Waals surface area contributed by atoms with Crippen LogP contribution in [0.15, 0.2) is 30.6 Å². The van der Waals surface area contributed by atoms with Crippen molar-refractivity contribution in [3.63, 3.8) is 0 Å². The van der Waals surface area contributed by atoms with Crippen LogP contribution >= 0.6 is 0 Å². The molecule has 212 valence electrons. The molecule has 10 heteroatoms. The lowest BCUT2D eigenvalue weighted by Gasteiger charge is -2.56. The van der Waals surface area contributed by atoms with Crippen molar-refractivity contribution in [1.82, 2.24) is 34.6 Å². The summed E-state index contributed by atoms with van der Waals surface area (Å²) in [4.78, 5) is 33.8. The second-order valence-corrected chi connectivity index (χ2v) is 12.6. The fraction of sp³-hybridized carbons (Fsp3) is 0.600. The Morgan fingerprint density at radius 3 is 2.52 bits per heavy atom. The van der Waals surface area contributed by atoms with Gasteiger partial charge in [0, 0.05) is 70.0 Å². The predicted octanol–water partition coefficient (Wildman–Crippen LogP) is 3.65. The lowest BCUT2D eigenvalue weighted by atomic mass is 9.63. The molecule has 1 spiro atoms. The van der Waals surface area contributed by atoms with E-state index >= 15 is 0 Å². The highest BCUT2D eigenvalue weighted by Crippen LogP contribution is 2.44. The number of fused-ring (bicyclic) bond motifs is 1. The quantitative estimate of drug-likeness (QED) is 0.467. The average Bonchev–Trinajstić information content (AvgIpc) is 3.57. The number of nitrogens with zero attached hydrogens (tertiary/aromatic N) is 7. The van der Waals surface area contributed by atoms with Crippen LogP contribution in [0, 0.1) is 5.92 Å². The zero-order chi connectivity index (χ0) is 27.3. The van der Waals surface area contributed by atoms with E-state index in [4.69, 9.17) is 4.98 Å². The summed E-state index contributed by atoms with van der Waals surface area (Å²) >= 11 is 0. The largest absolute Gasteiger partial charge is 0.368 e. The van der Waals surface area contributed by atoms with Crippen molar-refractivity contribution in [2.75, 3.05) is 63.6 Å². The summed E-state index contributed by atoms with van der Waals surface area (Å²) in [6.07, 6.45) is 12.4. The maximum atomic E-state index is 13.0. The summed E-state index contributed by atoms with van der Waals surface area (Å²) in [6.45, 7) is 6.77. The van der Waals surface area contributed by atoms with E-state index in [-0.39, 0.29) is 5.91 Å². The number of nitrogens with one attached hydrogen (secondary N) is 2. The van der Waals surface area contributed by atoms with Crippen LogP contribution in [-0.4, -0.2) is 94.1 Å². The fourth-order valence-corrected chi connectivity index (χ4v) is 7.31. The van der Waals surface area contributed by atoms with Gasteiger partial charge in [-0.25, -0.2) is 9.97 Å². The van der Waals surface area contributed by atoms with Gasteiger partial charge in [-0.1, -0.05) is 12.8 Å². The third-order valence-corrected chi connectivity index (χ3v) is 9.59. The summed E-state index contributed by atoms with van der Waals surface area (Å²) < 4.78 is 2.14. The van der Waals surface area contributed by atoms with Crippen molar-refractivity contribution in [3.05, 3.63) is 36.3 Å². The molecule has 2 aliphatic carbocycles. The summed E-state index contributed by atoms with van der Waals surface area (Å²) in [5, 5.41) is 7.82. The van der Waals surface area contributed by atoms with Crippen molar-refractivity contribution in [3.8, 4) is 0 Å². The minimum atomic E-state index is -0.000100. The second-order valence-electron chi connectivity index (χ2n) is 12.6. The number of rotatable bonds is 7. The third-order valence-electron chi connectivity index (χ3n) is 9.59. The standard InChI is InChI=1S/C30H41N9O/c1-36(2)28(40)25-15-22-18-32-29(35-27(22)39(25)23-5-3-4-6-23)34-26-8-7-24(19-31-26)38-13-11-37(12-14-38)20-21-16-30(17-21)9-10-33-30/h7-8,15,18-19,21,23,33H,3-6,9-14,16-17,20H2,1-2H3,(H,31,32,34,35). The molecular formula is C30H41N9O. The zero-order valence-electron chi connectivity index (χ0n) is 23.8. The number of carbonyl (C=O) groups is 1. The van der Waals surface area contributed by atoms with Crippen molar-refractivity contribution in [1.29, 1.82) is 0 Å². The lowest BCUT2D eigenvalue weighted by molar-refractivity contribution is 0.0183. The first-order valence-corrected chi connectivity index (χ1v) is 15.0. The number of pyridine rings is 1. The van der Waals surface area contributed by atoms with Crippen LogP contribution in [-0.2, 0) is 0 Å². The normalized spacial score (nSPS) is 25.2. The van der Waals surface area contributed by atoms with Gasteiger partial charge >= 0.3 is 0 Å². The van der Waals surface area contributed by atoms with Crippen LogP contribution in [0.2, 0.25) is 0 Å². The predicted molar refractivity (Wildman–Crippen MR) is 157 cm³/mol. The number of hydrogen-bond donors (Lipinski definition) is 2. The van der Waals surface area contributed by atoms with E-state index in [1.807, 2.05) is 24.5 Å². The van der Waals surface area contributed by atoms with Gasteiger partial charge in [-0.15, -0.1) is 0 Å². The molecule has 4 aliphatic rings. The summed E-state index contributed by atoms with van der Waals surface area (Å²) in [6, 6.07) is 6.37. The van der Waals surface area contributed by atoms with E-state index in [9.17, 15) is 4.79 Å². The van der Waals surface area contributed by atoms with E-state index in [2.05, 4.69) is 41.0 Å². The van der Waals surface area contributed by atoms with E-state index in [0.717, 1.165) is 61.7 Å². The molecule has 0 radical (unpaired) electrons. The molecule has 40 heavy (non-hydrogen) atoms. The Balaban J connectivity index is 0.999. The van der Waals surface area contributed by atoms with E-state index in [1.54, 1.807) is 19.0 Å². The maximum absolute atomic E-state index is 13.0.